The van der Waals surface area contributed by atoms with Crippen molar-refractivity contribution in [3.63, 3.8) is 0 Å². The molecule has 4 nitrogen and oxygen atoms in total. The van der Waals surface area contributed by atoms with E-state index in [0.29, 0.717) is 6.54 Å². The van der Waals surface area contributed by atoms with Crippen LogP contribution in [0.1, 0.15) is 25.8 Å². The second kappa shape index (κ2) is 5.88. The van der Waals surface area contributed by atoms with Gasteiger partial charge in [0, 0.05) is 41.4 Å². The molecular weight excluding hydrogens is 312 g/mol. The Kier molecular flexibility index (Phi) is 3.80. The van der Waals surface area contributed by atoms with E-state index in [4.69, 9.17) is 0 Å². The van der Waals surface area contributed by atoms with Crippen LogP contribution in [0.4, 0.5) is 0 Å². The van der Waals surface area contributed by atoms with Crippen molar-refractivity contribution in [3.05, 3.63) is 48.0 Å². The molecule has 0 spiro atoms. The lowest BCUT2D eigenvalue weighted by Gasteiger charge is -2.20. The van der Waals surface area contributed by atoms with E-state index < -0.39 is 11.4 Å². The summed E-state index contributed by atoms with van der Waals surface area (Å²) >= 11 is 0. The predicted octanol–water partition coefficient (Wildman–Crippen LogP) is 4.11. The van der Waals surface area contributed by atoms with Crippen LogP contribution in [0.15, 0.2) is 42.5 Å². The number of nitrogens with zero attached hydrogens (tertiary/aromatic N) is 2. The minimum absolute atomic E-state index is 0.609. The van der Waals surface area contributed by atoms with Gasteiger partial charge in [0.15, 0.2) is 0 Å². The topological polar surface area (TPSA) is 45.5 Å². The predicted molar refractivity (Wildman–Crippen MR) is 101 cm³/mol. The molecule has 130 valence electrons. The number of para-hydroxylation sites is 1. The van der Waals surface area contributed by atoms with Crippen molar-refractivity contribution < 1.29 is 9.90 Å². The molecule has 1 saturated heterocycles. The maximum Gasteiger partial charge on any atom is 0.310 e. The number of likely N-dealkylation sites (tertiary alicyclic amines) is 1. The minimum Gasteiger partial charge on any atom is -0.481 e. The highest BCUT2D eigenvalue weighted by molar-refractivity contribution is 6.08. The molecule has 0 aliphatic carbocycles. The highest BCUT2D eigenvalue weighted by atomic mass is 16.4. The van der Waals surface area contributed by atoms with Gasteiger partial charge in [0.1, 0.15) is 0 Å². The van der Waals surface area contributed by atoms with Gasteiger partial charge in [-0.05, 0) is 50.6 Å². The number of benzene rings is 2. The Labute approximate surface area is 147 Å². The number of carbonyl (C=O) groups is 1. The van der Waals surface area contributed by atoms with Crippen LogP contribution in [0.25, 0.3) is 21.8 Å². The van der Waals surface area contributed by atoms with E-state index in [9.17, 15) is 9.90 Å². The zero-order valence-corrected chi connectivity index (χ0v) is 14.8. The largest absolute Gasteiger partial charge is 0.481 e. The van der Waals surface area contributed by atoms with Crippen LogP contribution in [0, 0.1) is 5.41 Å². The van der Waals surface area contributed by atoms with E-state index >= 15 is 0 Å². The summed E-state index contributed by atoms with van der Waals surface area (Å²) in [5.41, 5.74) is 3.18. The third kappa shape index (κ3) is 2.61. The van der Waals surface area contributed by atoms with Crippen LogP contribution >= 0.6 is 0 Å². The fraction of sp³-hybridized carbons (Fsp3) is 0.381. The number of aryl methyl sites for hydroxylation is 1. The van der Waals surface area contributed by atoms with Crippen molar-refractivity contribution in [1.82, 2.24) is 9.47 Å². The maximum atomic E-state index is 11.4. The van der Waals surface area contributed by atoms with E-state index in [1.165, 1.54) is 27.4 Å². The highest BCUT2D eigenvalue weighted by Crippen LogP contribution is 2.33. The summed E-state index contributed by atoms with van der Waals surface area (Å²) < 4.78 is 2.35. The van der Waals surface area contributed by atoms with Crippen LogP contribution in [0.3, 0.4) is 0 Å². The second-order valence-electron chi connectivity index (χ2n) is 7.44. The van der Waals surface area contributed by atoms with Gasteiger partial charge in [0.05, 0.1) is 5.41 Å². The lowest BCUT2D eigenvalue weighted by atomic mass is 9.90. The summed E-state index contributed by atoms with van der Waals surface area (Å²) in [6.45, 7) is 7.26. The van der Waals surface area contributed by atoms with Crippen molar-refractivity contribution in [1.29, 1.82) is 0 Å². The zero-order chi connectivity index (χ0) is 17.6. The third-order valence-corrected chi connectivity index (χ3v) is 5.63. The molecule has 1 unspecified atom stereocenters. The van der Waals surface area contributed by atoms with Crippen molar-refractivity contribution in [2.45, 2.75) is 33.4 Å². The molecule has 4 rings (SSSR count). The monoisotopic (exact) mass is 336 g/mol. The summed E-state index contributed by atoms with van der Waals surface area (Å²) in [6.07, 6.45) is 0.722. The number of aliphatic carboxylic acids is 1. The Bertz CT molecular complexity index is 959. The quantitative estimate of drug-likeness (QED) is 0.780. The van der Waals surface area contributed by atoms with Crippen LogP contribution in [0.5, 0.6) is 0 Å². The van der Waals surface area contributed by atoms with E-state index in [0.717, 1.165) is 26.1 Å². The van der Waals surface area contributed by atoms with Crippen molar-refractivity contribution in [2.24, 2.45) is 5.41 Å². The van der Waals surface area contributed by atoms with E-state index in [-0.39, 0.29) is 0 Å². The molecule has 0 saturated carbocycles. The molecular formula is C21H24N2O2. The average molecular weight is 336 g/mol. The van der Waals surface area contributed by atoms with Crippen LogP contribution < -0.4 is 0 Å². The van der Waals surface area contributed by atoms with Crippen molar-refractivity contribution in [2.75, 3.05) is 13.1 Å². The molecule has 1 N–H and O–H groups in total. The van der Waals surface area contributed by atoms with Gasteiger partial charge in [-0.25, -0.2) is 0 Å². The maximum absolute atomic E-state index is 11.4. The second-order valence-corrected chi connectivity index (χ2v) is 7.44. The smallest absolute Gasteiger partial charge is 0.310 e. The van der Waals surface area contributed by atoms with Crippen LogP contribution in [-0.4, -0.2) is 33.6 Å². The first-order chi connectivity index (χ1) is 12.0. The van der Waals surface area contributed by atoms with Gasteiger partial charge in [-0.3, -0.25) is 9.69 Å². The SMILES string of the molecule is CCn1c2ccccc2c2cc(CN3CCC(C)(C(=O)O)C3)ccc21. The molecule has 0 amide bonds. The van der Waals surface area contributed by atoms with Gasteiger partial charge in [-0.1, -0.05) is 24.3 Å². The molecule has 1 atom stereocenters. The van der Waals surface area contributed by atoms with Gasteiger partial charge < -0.3 is 9.67 Å². The normalized spacial score (nSPS) is 21.4. The molecule has 1 aliphatic heterocycles. The van der Waals surface area contributed by atoms with E-state index in [2.05, 4.69) is 58.9 Å². The molecule has 3 aromatic rings. The Morgan fingerprint density at radius 3 is 2.64 bits per heavy atom. The molecule has 1 aromatic heterocycles. The highest BCUT2D eigenvalue weighted by Gasteiger charge is 2.40. The number of hydrogen-bond donors (Lipinski definition) is 1. The minimum atomic E-state index is -0.684. The third-order valence-electron chi connectivity index (χ3n) is 5.63. The van der Waals surface area contributed by atoms with Gasteiger partial charge in [0.2, 0.25) is 0 Å². The van der Waals surface area contributed by atoms with E-state index in [1.807, 2.05) is 6.92 Å². The number of carboxylic acid groups (broad SMARTS) is 1. The standard InChI is InChI=1S/C21H24N2O2/c1-3-23-18-7-5-4-6-16(18)17-12-15(8-9-19(17)23)13-22-11-10-21(2,14-22)20(24)25/h4-9,12H,3,10-11,13-14H2,1-2H3,(H,24,25). The summed E-state index contributed by atoms with van der Waals surface area (Å²) in [5.74, 6) is -0.684. The van der Waals surface area contributed by atoms with Gasteiger partial charge >= 0.3 is 5.97 Å². The number of carboxylic acids is 1. The van der Waals surface area contributed by atoms with Crippen molar-refractivity contribution >= 4 is 27.8 Å². The summed E-state index contributed by atoms with van der Waals surface area (Å²) in [6, 6.07) is 15.2. The molecule has 2 aromatic carbocycles. The van der Waals surface area contributed by atoms with Gasteiger partial charge in [-0.15, -0.1) is 0 Å². The molecule has 2 heterocycles. The summed E-state index contributed by atoms with van der Waals surface area (Å²) in [4.78, 5) is 13.7. The molecule has 4 heteroatoms. The van der Waals surface area contributed by atoms with Gasteiger partial charge in [0.25, 0.3) is 0 Å². The number of fused-ring (bicyclic) bond motifs is 3. The lowest BCUT2D eigenvalue weighted by molar-refractivity contribution is -0.147. The van der Waals surface area contributed by atoms with E-state index in [1.54, 1.807) is 0 Å². The zero-order valence-electron chi connectivity index (χ0n) is 14.8. The van der Waals surface area contributed by atoms with Crippen LogP contribution in [-0.2, 0) is 17.9 Å². The summed E-state index contributed by atoms with van der Waals surface area (Å²) in [5, 5.41) is 12.0. The Morgan fingerprint density at radius 1 is 1.16 bits per heavy atom. The van der Waals surface area contributed by atoms with Crippen LogP contribution in [0.2, 0.25) is 0 Å². The molecule has 0 radical (unpaired) electrons. The Balaban J connectivity index is 1.68. The number of aromatic nitrogens is 1. The number of rotatable bonds is 4. The number of hydrogen-bond acceptors (Lipinski definition) is 2. The fourth-order valence-corrected chi connectivity index (χ4v) is 4.16. The molecule has 0 bridgehead atoms. The first-order valence-corrected chi connectivity index (χ1v) is 8.97. The molecule has 25 heavy (non-hydrogen) atoms. The van der Waals surface area contributed by atoms with Gasteiger partial charge in [-0.2, -0.15) is 0 Å². The lowest BCUT2D eigenvalue weighted by Crippen LogP contribution is -2.31. The van der Waals surface area contributed by atoms with Crippen molar-refractivity contribution in [3.8, 4) is 0 Å². The Morgan fingerprint density at radius 2 is 1.92 bits per heavy atom. The molecule has 1 aliphatic rings. The first-order valence-electron chi connectivity index (χ1n) is 8.97. The Hall–Kier alpha value is -2.33. The summed E-state index contributed by atoms with van der Waals surface area (Å²) in [7, 11) is 0. The first kappa shape index (κ1) is 16.2. The average Bonchev–Trinajstić information content (AvgIpc) is 3.14. The fourth-order valence-electron chi connectivity index (χ4n) is 4.16. The molecule has 1 fully saturated rings.